The van der Waals surface area contributed by atoms with Crippen molar-refractivity contribution in [3.63, 3.8) is 0 Å². The number of halogens is 1. The topological polar surface area (TPSA) is 171 Å². The van der Waals surface area contributed by atoms with Crippen molar-refractivity contribution in [2.45, 2.75) is 14.9 Å². The standard InChI is InChI=1S/C7H5N3O2S.C4H5BNO2.C4H2BrNO2S.2CH4/c11-7(12)5-3-13-6(10-5)4-1-8-9-2-4;7-5-8-4-1-2-6-3-4;5-4-6-2(1-9-4)3(7)8;;/h1-3H,(H,8,9)(H,11,12);1,3,7H,2H2;1H,(H,7,8);2*1H4. The molecule has 0 aromatic carbocycles. The molecule has 0 fully saturated rings. The smallest absolute Gasteiger partial charge is 0.536 e. The van der Waals surface area contributed by atoms with Crippen molar-refractivity contribution in [1.82, 2.24) is 20.2 Å². The minimum atomic E-state index is -1.01. The molecular weight excluding hydrogens is 525 g/mol. The van der Waals surface area contributed by atoms with Gasteiger partial charge in [-0.05, 0) is 22.0 Å². The number of allylic oxidation sites excluding steroid dienone is 1. The third-order valence-corrected chi connectivity index (χ3v) is 5.23. The summed E-state index contributed by atoms with van der Waals surface area (Å²) in [6.45, 7) is 0.656. The molecule has 171 valence electrons. The Hall–Kier alpha value is -2.88. The number of carbonyl (C=O) groups is 2. The maximum Gasteiger partial charge on any atom is 0.569 e. The van der Waals surface area contributed by atoms with Crippen LogP contribution in [-0.4, -0.2) is 67.8 Å². The second kappa shape index (κ2) is 15.0. The van der Waals surface area contributed by atoms with Crippen molar-refractivity contribution in [2.75, 3.05) is 6.54 Å². The fourth-order valence-electron chi connectivity index (χ4n) is 1.70. The van der Waals surface area contributed by atoms with Gasteiger partial charge in [0.15, 0.2) is 15.3 Å². The molecule has 0 saturated carbocycles. The summed E-state index contributed by atoms with van der Waals surface area (Å²) in [5.41, 5.74) is 0.963. The monoisotopic (exact) mass is 544 g/mol. The van der Waals surface area contributed by atoms with Crippen LogP contribution in [-0.2, 0) is 4.65 Å². The molecule has 3 aromatic heterocycles. The number of rotatable bonds is 5. The minimum Gasteiger partial charge on any atom is -0.536 e. The van der Waals surface area contributed by atoms with Gasteiger partial charge < -0.3 is 19.9 Å². The highest BCUT2D eigenvalue weighted by Gasteiger charge is 2.10. The summed E-state index contributed by atoms with van der Waals surface area (Å²) in [5.74, 6) is -1.39. The Morgan fingerprint density at radius 1 is 1.12 bits per heavy atom. The first-order valence-corrected chi connectivity index (χ1v) is 10.3. The first-order valence-electron chi connectivity index (χ1n) is 7.75. The third-order valence-electron chi connectivity index (χ3n) is 2.97. The van der Waals surface area contributed by atoms with E-state index in [2.05, 4.69) is 45.7 Å². The highest BCUT2D eigenvalue weighted by Crippen LogP contribution is 2.22. The summed E-state index contributed by atoms with van der Waals surface area (Å²) >= 11 is 5.59. The van der Waals surface area contributed by atoms with E-state index in [1.807, 2.05) is 0 Å². The van der Waals surface area contributed by atoms with E-state index in [1.165, 1.54) is 33.4 Å². The van der Waals surface area contributed by atoms with Crippen LogP contribution in [0, 0.1) is 0 Å². The molecule has 1 aliphatic heterocycles. The molecule has 15 heteroatoms. The van der Waals surface area contributed by atoms with Crippen molar-refractivity contribution >= 4 is 64.4 Å². The Morgan fingerprint density at radius 2 is 1.78 bits per heavy atom. The van der Waals surface area contributed by atoms with Crippen molar-refractivity contribution in [2.24, 2.45) is 4.99 Å². The van der Waals surface area contributed by atoms with Gasteiger partial charge in [-0.2, -0.15) is 5.10 Å². The van der Waals surface area contributed by atoms with Crippen LogP contribution >= 0.6 is 38.6 Å². The highest BCUT2D eigenvalue weighted by molar-refractivity contribution is 9.11. The number of aromatic carboxylic acids is 2. The van der Waals surface area contributed by atoms with Crippen LogP contribution in [0.25, 0.3) is 10.6 Å². The molecule has 0 aliphatic carbocycles. The van der Waals surface area contributed by atoms with Gasteiger partial charge in [0.1, 0.15) is 10.8 Å². The molecule has 1 aliphatic rings. The van der Waals surface area contributed by atoms with E-state index in [4.69, 9.17) is 15.2 Å². The number of carboxylic acid groups (broad SMARTS) is 2. The number of hydrogen-bond donors (Lipinski definition) is 4. The fraction of sp³-hybridized carbons (Fsp3) is 0.176. The van der Waals surface area contributed by atoms with Gasteiger partial charge in [-0.1, -0.05) is 14.9 Å². The average molecular weight is 545 g/mol. The summed E-state index contributed by atoms with van der Waals surface area (Å²) in [4.78, 5) is 32.0. The molecule has 32 heavy (non-hydrogen) atoms. The second-order valence-corrected chi connectivity index (χ2v) is 7.94. The summed E-state index contributed by atoms with van der Waals surface area (Å²) in [6, 6.07) is 0. The Bertz CT molecular complexity index is 1040. The zero-order chi connectivity index (χ0) is 21.9. The highest BCUT2D eigenvalue weighted by atomic mass is 79.9. The Kier molecular flexibility index (Phi) is 13.7. The van der Waals surface area contributed by atoms with Gasteiger partial charge in [-0.15, -0.1) is 22.7 Å². The average Bonchev–Trinajstić information content (AvgIpc) is 3.49. The van der Waals surface area contributed by atoms with E-state index in [0.29, 0.717) is 28.9 Å². The van der Waals surface area contributed by atoms with Crippen molar-refractivity contribution in [3.8, 4) is 10.6 Å². The second-order valence-electron chi connectivity index (χ2n) is 4.94. The number of nitrogens with zero attached hydrogens (tertiary/aromatic N) is 4. The largest absolute Gasteiger partial charge is 0.569 e. The van der Waals surface area contributed by atoms with Gasteiger partial charge in [0.25, 0.3) is 0 Å². The molecule has 3 aromatic rings. The van der Waals surface area contributed by atoms with Crippen LogP contribution in [0.15, 0.2) is 43.9 Å². The summed E-state index contributed by atoms with van der Waals surface area (Å²) in [7, 11) is 0.642. The summed E-state index contributed by atoms with van der Waals surface area (Å²) < 4.78 is 5.14. The normalized spacial score (nSPS) is 10.8. The molecule has 1 radical (unpaired) electrons. The first kappa shape index (κ1) is 29.1. The number of aliphatic imine (C=N–C) groups is 1. The lowest BCUT2D eigenvalue weighted by Crippen LogP contribution is -1.95. The quantitative estimate of drug-likeness (QED) is 0.350. The Balaban J connectivity index is 0.000000453. The Labute approximate surface area is 201 Å². The molecule has 4 rings (SSSR count). The van der Waals surface area contributed by atoms with Crippen molar-refractivity contribution in [3.05, 3.63) is 50.3 Å². The minimum absolute atomic E-state index is 0. The zero-order valence-electron chi connectivity index (χ0n) is 14.8. The van der Waals surface area contributed by atoms with E-state index in [0.717, 1.165) is 5.56 Å². The van der Waals surface area contributed by atoms with Crippen LogP contribution in [0.2, 0.25) is 0 Å². The number of carboxylic acids is 2. The zero-order valence-corrected chi connectivity index (χ0v) is 18.0. The fourth-order valence-corrected chi connectivity index (χ4v) is 3.46. The van der Waals surface area contributed by atoms with Gasteiger partial charge in [0.05, 0.1) is 19.0 Å². The van der Waals surface area contributed by atoms with Gasteiger partial charge in [-0.3, -0.25) is 10.1 Å². The number of hydrogen-bond acceptors (Lipinski definition) is 10. The van der Waals surface area contributed by atoms with Crippen LogP contribution in [0.5, 0.6) is 0 Å². The predicted octanol–water partition coefficient (Wildman–Crippen LogP) is 3.61. The molecule has 0 spiro atoms. The molecule has 0 saturated heterocycles. The lowest BCUT2D eigenvalue weighted by molar-refractivity contribution is 0.0680. The van der Waals surface area contributed by atoms with E-state index in [1.54, 1.807) is 24.7 Å². The maximum absolute atomic E-state index is 10.5. The number of aromatic amines is 1. The molecule has 0 bridgehead atoms. The van der Waals surface area contributed by atoms with Gasteiger partial charge in [-0.25, -0.2) is 19.6 Å². The first-order chi connectivity index (χ1) is 14.4. The van der Waals surface area contributed by atoms with Crippen LogP contribution in [0.4, 0.5) is 0 Å². The van der Waals surface area contributed by atoms with Crippen LogP contribution in [0.1, 0.15) is 35.8 Å². The van der Waals surface area contributed by atoms with E-state index < -0.39 is 11.9 Å². The number of thiazole rings is 2. The molecule has 0 atom stereocenters. The molecule has 0 amide bonds. The maximum atomic E-state index is 10.5. The molecule has 11 nitrogen and oxygen atoms in total. The van der Waals surface area contributed by atoms with E-state index in [9.17, 15) is 9.59 Å². The molecule has 0 unspecified atom stereocenters. The van der Waals surface area contributed by atoms with Crippen LogP contribution in [0.3, 0.4) is 0 Å². The molecular formula is C17H20BBrN5O6S2. The van der Waals surface area contributed by atoms with E-state index >= 15 is 0 Å². The third kappa shape index (κ3) is 9.51. The van der Waals surface area contributed by atoms with Crippen molar-refractivity contribution in [1.29, 1.82) is 0 Å². The van der Waals surface area contributed by atoms with Gasteiger partial charge >= 0.3 is 19.6 Å². The summed E-state index contributed by atoms with van der Waals surface area (Å²) in [5, 5.41) is 35.0. The van der Waals surface area contributed by atoms with Crippen LogP contribution < -0.4 is 0 Å². The van der Waals surface area contributed by atoms with Gasteiger partial charge in [0.2, 0.25) is 0 Å². The van der Waals surface area contributed by atoms with E-state index in [-0.39, 0.29) is 26.2 Å². The lowest BCUT2D eigenvalue weighted by Gasteiger charge is -1.93. The lowest BCUT2D eigenvalue weighted by atomic mass is 10.4. The number of H-pyrrole nitrogens is 1. The van der Waals surface area contributed by atoms with Crippen molar-refractivity contribution < 1.29 is 29.5 Å². The number of aromatic nitrogens is 4. The Morgan fingerprint density at radius 3 is 2.19 bits per heavy atom. The van der Waals surface area contributed by atoms with Gasteiger partial charge in [0, 0.05) is 22.5 Å². The predicted molar refractivity (Wildman–Crippen MR) is 127 cm³/mol. The SMILES string of the molecule is C.C.O=C(O)c1csc(-c2cn[nH]c2)n1.O=C(O)c1csc(Br)n1.O[B]OC1=CCN=C1. The summed E-state index contributed by atoms with van der Waals surface area (Å²) in [6.07, 6.45) is 6.61. The molecule has 4 heterocycles. The molecule has 4 N–H and O–H groups in total. The number of nitrogens with one attached hydrogen (secondary N) is 1.